The Labute approximate surface area is 362 Å². The summed E-state index contributed by atoms with van der Waals surface area (Å²) in [6.07, 6.45) is 0. The van der Waals surface area contributed by atoms with Crippen LogP contribution in [0.5, 0.6) is 0 Å². The molecule has 0 bridgehead atoms. The molecule has 1 heterocycles. The summed E-state index contributed by atoms with van der Waals surface area (Å²) in [6.45, 7) is 0. The minimum absolute atomic E-state index is 1.09. The highest BCUT2D eigenvalue weighted by molar-refractivity contribution is 6.10. The summed E-state index contributed by atoms with van der Waals surface area (Å²) in [5.41, 5.74) is 18.9. The van der Waals surface area contributed by atoms with E-state index in [1.54, 1.807) is 0 Å². The van der Waals surface area contributed by atoms with Crippen molar-refractivity contribution in [2.45, 2.75) is 0 Å². The zero-order valence-corrected chi connectivity index (χ0v) is 34.1. The standard InChI is InChI=1S/C60H42N2/c1-4-12-43(13-5-1)45-20-24-47(25-21-45)49-28-35-54(36-29-49)61(55-37-30-50(31-38-55)48-26-22-46(23-27-48)44-14-6-2-7-15-44)56-39-32-51(33-40-56)52-34-41-60-58(42-52)57-18-10-11-19-59(57)62(60)53-16-8-3-9-17-53/h1-42H. The summed E-state index contributed by atoms with van der Waals surface area (Å²) >= 11 is 0. The van der Waals surface area contributed by atoms with Gasteiger partial charge in [-0.2, -0.15) is 0 Å². The summed E-state index contributed by atoms with van der Waals surface area (Å²) in [7, 11) is 0. The van der Waals surface area contributed by atoms with Gasteiger partial charge < -0.3 is 9.47 Å². The maximum absolute atomic E-state index is 2.37. The Hall–Kier alpha value is -8.20. The van der Waals surface area contributed by atoms with Gasteiger partial charge in [-0.1, -0.05) is 188 Å². The summed E-state index contributed by atoms with van der Waals surface area (Å²) in [6, 6.07) is 91.9. The predicted octanol–water partition coefficient (Wildman–Crippen LogP) is 16.6. The number of anilines is 3. The van der Waals surface area contributed by atoms with E-state index in [9.17, 15) is 0 Å². The fraction of sp³-hybridized carbons (Fsp3) is 0. The lowest BCUT2D eigenvalue weighted by Crippen LogP contribution is -2.09. The molecule has 1 aromatic heterocycles. The summed E-state index contributed by atoms with van der Waals surface area (Å²) < 4.78 is 2.37. The number of hydrogen-bond acceptors (Lipinski definition) is 1. The molecule has 62 heavy (non-hydrogen) atoms. The van der Waals surface area contributed by atoms with Crippen LogP contribution < -0.4 is 4.90 Å². The topological polar surface area (TPSA) is 8.17 Å². The van der Waals surface area contributed by atoms with Crippen molar-refractivity contribution >= 4 is 38.9 Å². The van der Waals surface area contributed by atoms with Gasteiger partial charge in [-0.25, -0.2) is 0 Å². The lowest BCUT2D eigenvalue weighted by atomic mass is 9.99. The summed E-state index contributed by atoms with van der Waals surface area (Å²) in [5.74, 6) is 0. The van der Waals surface area contributed by atoms with Gasteiger partial charge in [-0.05, 0) is 122 Å². The zero-order valence-electron chi connectivity index (χ0n) is 34.1. The molecule has 0 fully saturated rings. The molecule has 2 heteroatoms. The molecule has 0 spiro atoms. The van der Waals surface area contributed by atoms with E-state index >= 15 is 0 Å². The number of rotatable bonds is 9. The molecule has 0 aliphatic rings. The third-order valence-corrected chi connectivity index (χ3v) is 12.0. The van der Waals surface area contributed by atoms with Crippen LogP contribution in [0.3, 0.4) is 0 Å². The number of nitrogens with zero attached hydrogens (tertiary/aromatic N) is 2. The molecule has 0 N–H and O–H groups in total. The Balaban J connectivity index is 0.934. The van der Waals surface area contributed by atoms with Crippen molar-refractivity contribution in [3.05, 3.63) is 255 Å². The molecule has 0 unspecified atom stereocenters. The summed E-state index contributed by atoms with van der Waals surface area (Å²) in [4.78, 5) is 2.35. The largest absolute Gasteiger partial charge is 0.311 e. The van der Waals surface area contributed by atoms with E-state index in [0.29, 0.717) is 0 Å². The molecule has 11 rings (SSSR count). The minimum Gasteiger partial charge on any atom is -0.311 e. The van der Waals surface area contributed by atoms with Gasteiger partial charge in [0.2, 0.25) is 0 Å². The molecule has 0 saturated carbocycles. The van der Waals surface area contributed by atoms with E-state index in [2.05, 4.69) is 264 Å². The average molecular weight is 791 g/mol. The Morgan fingerprint density at radius 3 is 0.968 bits per heavy atom. The molecule has 0 radical (unpaired) electrons. The highest BCUT2D eigenvalue weighted by Crippen LogP contribution is 2.40. The Morgan fingerprint density at radius 1 is 0.226 bits per heavy atom. The van der Waals surface area contributed by atoms with Gasteiger partial charge in [0.25, 0.3) is 0 Å². The first-order valence-electron chi connectivity index (χ1n) is 21.2. The lowest BCUT2D eigenvalue weighted by molar-refractivity contribution is 1.18. The van der Waals surface area contributed by atoms with E-state index in [-0.39, 0.29) is 0 Å². The molecule has 0 aliphatic carbocycles. The van der Waals surface area contributed by atoms with Gasteiger partial charge in [0.1, 0.15) is 0 Å². The van der Waals surface area contributed by atoms with Crippen LogP contribution in [0.4, 0.5) is 17.1 Å². The second kappa shape index (κ2) is 16.1. The highest BCUT2D eigenvalue weighted by atomic mass is 15.1. The van der Waals surface area contributed by atoms with Crippen LogP contribution in [0.15, 0.2) is 255 Å². The van der Waals surface area contributed by atoms with Crippen molar-refractivity contribution in [2.24, 2.45) is 0 Å². The molecule has 2 nitrogen and oxygen atoms in total. The number of benzene rings is 10. The van der Waals surface area contributed by atoms with Gasteiger partial charge in [-0.15, -0.1) is 0 Å². The van der Waals surface area contributed by atoms with Crippen LogP contribution in [0.1, 0.15) is 0 Å². The quantitative estimate of drug-likeness (QED) is 0.141. The maximum Gasteiger partial charge on any atom is 0.0541 e. The number of hydrogen-bond donors (Lipinski definition) is 0. The SMILES string of the molecule is c1ccc(-c2ccc(-c3ccc(N(c4ccc(-c5ccc(-c6ccccc6)cc5)cc4)c4ccc(-c5ccc6c(c5)c5ccccc5n6-c5ccccc5)cc4)cc3)cc2)cc1. The van der Waals surface area contributed by atoms with Crippen molar-refractivity contribution in [3.8, 4) is 61.3 Å². The molecule has 292 valence electrons. The van der Waals surface area contributed by atoms with Gasteiger partial charge in [0.15, 0.2) is 0 Å². The molecule has 11 aromatic rings. The maximum atomic E-state index is 2.37. The second-order valence-corrected chi connectivity index (χ2v) is 15.8. The van der Waals surface area contributed by atoms with Crippen LogP contribution >= 0.6 is 0 Å². The Morgan fingerprint density at radius 2 is 0.532 bits per heavy atom. The second-order valence-electron chi connectivity index (χ2n) is 15.8. The molecule has 10 aromatic carbocycles. The van der Waals surface area contributed by atoms with E-state index in [4.69, 9.17) is 0 Å². The first kappa shape index (κ1) is 36.8. The van der Waals surface area contributed by atoms with Gasteiger partial charge >= 0.3 is 0 Å². The van der Waals surface area contributed by atoms with Crippen LogP contribution in [0, 0.1) is 0 Å². The van der Waals surface area contributed by atoms with Gasteiger partial charge in [0, 0.05) is 33.5 Å². The van der Waals surface area contributed by atoms with Gasteiger partial charge in [-0.3, -0.25) is 0 Å². The minimum atomic E-state index is 1.09. The van der Waals surface area contributed by atoms with Crippen molar-refractivity contribution in [3.63, 3.8) is 0 Å². The fourth-order valence-electron chi connectivity index (χ4n) is 8.84. The average Bonchev–Trinajstić information content (AvgIpc) is 3.69. The number of aromatic nitrogens is 1. The third-order valence-electron chi connectivity index (χ3n) is 12.0. The molecule has 0 aliphatic heterocycles. The lowest BCUT2D eigenvalue weighted by Gasteiger charge is -2.26. The highest BCUT2D eigenvalue weighted by Gasteiger charge is 2.16. The third kappa shape index (κ3) is 7.04. The van der Waals surface area contributed by atoms with Crippen molar-refractivity contribution in [1.82, 2.24) is 4.57 Å². The van der Waals surface area contributed by atoms with Crippen LogP contribution in [0.2, 0.25) is 0 Å². The molecule has 0 amide bonds. The van der Waals surface area contributed by atoms with Crippen LogP contribution in [0.25, 0.3) is 83.1 Å². The molecule has 0 atom stereocenters. The van der Waals surface area contributed by atoms with E-state index < -0.39 is 0 Å². The monoisotopic (exact) mass is 790 g/mol. The zero-order chi connectivity index (χ0) is 41.2. The fourth-order valence-corrected chi connectivity index (χ4v) is 8.84. The first-order valence-corrected chi connectivity index (χ1v) is 21.2. The van der Waals surface area contributed by atoms with E-state index in [1.807, 2.05) is 0 Å². The van der Waals surface area contributed by atoms with Crippen LogP contribution in [-0.2, 0) is 0 Å². The number of para-hydroxylation sites is 2. The smallest absolute Gasteiger partial charge is 0.0541 e. The normalized spacial score (nSPS) is 11.2. The predicted molar refractivity (Wildman–Crippen MR) is 263 cm³/mol. The van der Waals surface area contributed by atoms with Crippen molar-refractivity contribution in [2.75, 3.05) is 4.90 Å². The van der Waals surface area contributed by atoms with E-state index in [1.165, 1.54) is 83.1 Å². The molecule has 0 saturated heterocycles. The summed E-state index contributed by atoms with van der Waals surface area (Å²) in [5, 5.41) is 2.50. The van der Waals surface area contributed by atoms with Crippen LogP contribution in [-0.4, -0.2) is 4.57 Å². The molecular formula is C60H42N2. The van der Waals surface area contributed by atoms with Gasteiger partial charge in [0.05, 0.1) is 11.0 Å². The van der Waals surface area contributed by atoms with E-state index in [0.717, 1.165) is 17.1 Å². The molecular weight excluding hydrogens is 749 g/mol. The number of fused-ring (bicyclic) bond motifs is 3. The Bertz CT molecular complexity index is 3130. The first-order chi connectivity index (χ1) is 30.7. The van der Waals surface area contributed by atoms with Crippen molar-refractivity contribution < 1.29 is 0 Å². The van der Waals surface area contributed by atoms with Crippen molar-refractivity contribution in [1.29, 1.82) is 0 Å². The Kier molecular flexibility index (Phi) is 9.57.